The number of nitrogens with zero attached hydrogens (tertiary/aromatic N) is 3. The number of H-pyrrole nitrogens is 1. The van der Waals surface area contributed by atoms with E-state index in [4.69, 9.17) is 0 Å². The molecule has 0 saturated carbocycles. The number of halogens is 1. The highest BCUT2D eigenvalue weighted by atomic mass is 19.1. The Balaban J connectivity index is 2.04. The minimum absolute atomic E-state index is 0.319. The smallest absolute Gasteiger partial charge is 0.160 e. The molecule has 6 heteroatoms. The molecule has 0 aromatic carbocycles. The van der Waals surface area contributed by atoms with E-state index >= 15 is 0 Å². The molecule has 0 unspecified atom stereocenters. The summed E-state index contributed by atoms with van der Waals surface area (Å²) in [4.78, 5) is 16.1. The van der Waals surface area contributed by atoms with Gasteiger partial charge in [-0.05, 0) is 36.6 Å². The zero-order chi connectivity index (χ0) is 15.0. The molecular formula is C15H16FN5. The minimum Gasteiger partial charge on any atom is -0.327 e. The van der Waals surface area contributed by atoms with Gasteiger partial charge in [-0.15, -0.1) is 0 Å². The monoisotopic (exact) mass is 285 g/mol. The zero-order valence-corrected chi connectivity index (χ0v) is 12.1. The Morgan fingerprint density at radius 1 is 1.19 bits per heavy atom. The second-order valence-corrected chi connectivity index (χ2v) is 5.26. The van der Waals surface area contributed by atoms with Crippen LogP contribution in [-0.4, -0.2) is 19.9 Å². The molecule has 0 aliphatic heterocycles. The second-order valence-electron chi connectivity index (χ2n) is 5.26. The van der Waals surface area contributed by atoms with Crippen LogP contribution in [0, 0.1) is 12.7 Å². The number of nitrogens with one attached hydrogen (secondary N) is 2. The summed E-state index contributed by atoms with van der Waals surface area (Å²) in [5.41, 5.74) is 2.73. The van der Waals surface area contributed by atoms with E-state index in [1.807, 2.05) is 13.0 Å². The summed E-state index contributed by atoms with van der Waals surface area (Å²) in [6.07, 6.45) is 1.17. The largest absolute Gasteiger partial charge is 0.327 e. The standard InChI is InChI=1S/C15H16FN5/c1-8(2)11-6-13(20-12-5-4-10(16)7-17-12)21-15-14(11)18-9(3)19-15/h4-8H,1-3H3,(H2,17,18,19,20,21). The van der Waals surface area contributed by atoms with Crippen molar-refractivity contribution in [2.24, 2.45) is 0 Å². The van der Waals surface area contributed by atoms with Gasteiger partial charge in [-0.25, -0.2) is 19.3 Å². The van der Waals surface area contributed by atoms with E-state index in [2.05, 4.69) is 39.1 Å². The van der Waals surface area contributed by atoms with E-state index in [0.29, 0.717) is 17.6 Å². The molecule has 3 heterocycles. The molecule has 0 aliphatic carbocycles. The van der Waals surface area contributed by atoms with Crippen LogP contribution < -0.4 is 5.32 Å². The van der Waals surface area contributed by atoms with Gasteiger partial charge in [0, 0.05) is 0 Å². The third-order valence-corrected chi connectivity index (χ3v) is 3.21. The molecule has 0 amide bonds. The average Bonchev–Trinajstić information content (AvgIpc) is 2.80. The number of hydrogen-bond donors (Lipinski definition) is 2. The molecule has 0 spiro atoms. The summed E-state index contributed by atoms with van der Waals surface area (Å²) < 4.78 is 12.9. The van der Waals surface area contributed by atoms with Crippen LogP contribution in [0.1, 0.15) is 31.2 Å². The third-order valence-electron chi connectivity index (χ3n) is 3.21. The molecule has 21 heavy (non-hydrogen) atoms. The van der Waals surface area contributed by atoms with Gasteiger partial charge in [-0.1, -0.05) is 13.8 Å². The van der Waals surface area contributed by atoms with Crippen LogP contribution in [0.3, 0.4) is 0 Å². The molecule has 0 fully saturated rings. The Kier molecular flexibility index (Phi) is 3.29. The van der Waals surface area contributed by atoms with Crippen LogP contribution in [0.2, 0.25) is 0 Å². The number of rotatable bonds is 3. The topological polar surface area (TPSA) is 66.5 Å². The lowest BCUT2D eigenvalue weighted by Gasteiger charge is -2.10. The summed E-state index contributed by atoms with van der Waals surface area (Å²) in [7, 11) is 0. The number of hydrogen-bond acceptors (Lipinski definition) is 4. The van der Waals surface area contributed by atoms with E-state index in [9.17, 15) is 4.39 Å². The fourth-order valence-corrected chi connectivity index (χ4v) is 2.21. The Morgan fingerprint density at radius 3 is 2.67 bits per heavy atom. The highest BCUT2D eigenvalue weighted by Crippen LogP contribution is 2.26. The number of anilines is 2. The maximum atomic E-state index is 12.9. The van der Waals surface area contributed by atoms with Crippen molar-refractivity contribution in [1.82, 2.24) is 19.9 Å². The first-order chi connectivity index (χ1) is 10.0. The van der Waals surface area contributed by atoms with Crippen LogP contribution in [0.4, 0.5) is 16.0 Å². The summed E-state index contributed by atoms with van der Waals surface area (Å²) in [6, 6.07) is 4.89. The van der Waals surface area contributed by atoms with E-state index in [0.717, 1.165) is 22.6 Å². The van der Waals surface area contributed by atoms with Crippen molar-refractivity contribution >= 4 is 22.8 Å². The highest BCUT2D eigenvalue weighted by molar-refractivity contribution is 5.78. The normalized spacial score (nSPS) is 11.3. The first-order valence-electron chi connectivity index (χ1n) is 6.79. The van der Waals surface area contributed by atoms with Crippen molar-refractivity contribution < 1.29 is 4.39 Å². The lowest BCUT2D eigenvalue weighted by molar-refractivity contribution is 0.622. The zero-order valence-electron chi connectivity index (χ0n) is 12.1. The van der Waals surface area contributed by atoms with Gasteiger partial charge in [-0.2, -0.15) is 0 Å². The Morgan fingerprint density at radius 2 is 2.00 bits per heavy atom. The van der Waals surface area contributed by atoms with E-state index in [1.54, 1.807) is 6.07 Å². The second kappa shape index (κ2) is 5.12. The van der Waals surface area contributed by atoms with Crippen LogP contribution in [0.25, 0.3) is 11.2 Å². The number of fused-ring (bicyclic) bond motifs is 1. The molecule has 0 bridgehead atoms. The van der Waals surface area contributed by atoms with Crippen molar-refractivity contribution in [3.05, 3.63) is 41.6 Å². The lowest BCUT2D eigenvalue weighted by atomic mass is 10.0. The number of aromatic nitrogens is 4. The number of pyridine rings is 2. The molecule has 0 saturated heterocycles. The molecule has 3 rings (SSSR count). The number of aryl methyl sites for hydroxylation is 1. The molecule has 5 nitrogen and oxygen atoms in total. The Bertz CT molecular complexity index is 777. The van der Waals surface area contributed by atoms with Gasteiger partial charge in [0.25, 0.3) is 0 Å². The highest BCUT2D eigenvalue weighted by Gasteiger charge is 2.13. The molecule has 0 aliphatic rings. The van der Waals surface area contributed by atoms with Crippen molar-refractivity contribution in [3.8, 4) is 0 Å². The molecule has 3 aromatic heterocycles. The van der Waals surface area contributed by atoms with Crippen LogP contribution in [0.15, 0.2) is 24.4 Å². The number of imidazole rings is 1. The van der Waals surface area contributed by atoms with Gasteiger partial charge in [0.2, 0.25) is 0 Å². The van der Waals surface area contributed by atoms with Gasteiger partial charge < -0.3 is 10.3 Å². The van der Waals surface area contributed by atoms with Crippen molar-refractivity contribution in [3.63, 3.8) is 0 Å². The first-order valence-corrected chi connectivity index (χ1v) is 6.79. The van der Waals surface area contributed by atoms with Gasteiger partial charge in [0.15, 0.2) is 5.65 Å². The predicted molar refractivity (Wildman–Crippen MR) is 80.2 cm³/mol. The van der Waals surface area contributed by atoms with Gasteiger partial charge >= 0.3 is 0 Å². The lowest BCUT2D eigenvalue weighted by Crippen LogP contribution is -1.99. The first kappa shape index (κ1) is 13.5. The average molecular weight is 285 g/mol. The third kappa shape index (κ3) is 2.69. The maximum absolute atomic E-state index is 12.9. The predicted octanol–water partition coefficient (Wildman–Crippen LogP) is 3.67. The molecule has 0 radical (unpaired) electrons. The SMILES string of the molecule is Cc1nc2c(C(C)C)cc(Nc3ccc(F)cn3)nc2[nH]1. The van der Waals surface area contributed by atoms with E-state index in [1.165, 1.54) is 12.3 Å². The van der Waals surface area contributed by atoms with Crippen LogP contribution >= 0.6 is 0 Å². The summed E-state index contributed by atoms with van der Waals surface area (Å²) in [5.74, 6) is 2.00. The fraction of sp³-hybridized carbons (Fsp3) is 0.267. The van der Waals surface area contributed by atoms with E-state index < -0.39 is 0 Å². The Hall–Kier alpha value is -2.50. The van der Waals surface area contributed by atoms with Crippen molar-refractivity contribution in [2.45, 2.75) is 26.7 Å². The molecule has 3 aromatic rings. The fourth-order valence-electron chi connectivity index (χ4n) is 2.21. The van der Waals surface area contributed by atoms with E-state index in [-0.39, 0.29) is 5.82 Å². The van der Waals surface area contributed by atoms with Gasteiger partial charge in [-0.3, -0.25) is 0 Å². The van der Waals surface area contributed by atoms with Crippen molar-refractivity contribution in [1.29, 1.82) is 0 Å². The van der Waals surface area contributed by atoms with Gasteiger partial charge in [0.1, 0.15) is 28.8 Å². The van der Waals surface area contributed by atoms with Crippen LogP contribution in [-0.2, 0) is 0 Å². The van der Waals surface area contributed by atoms with Gasteiger partial charge in [0.05, 0.1) is 6.20 Å². The molecular weight excluding hydrogens is 269 g/mol. The number of aromatic amines is 1. The molecule has 2 N–H and O–H groups in total. The molecule has 0 atom stereocenters. The summed E-state index contributed by atoms with van der Waals surface area (Å²) in [5, 5.41) is 3.09. The quantitative estimate of drug-likeness (QED) is 0.770. The van der Waals surface area contributed by atoms with Crippen LogP contribution in [0.5, 0.6) is 0 Å². The Labute approximate surface area is 121 Å². The maximum Gasteiger partial charge on any atom is 0.160 e. The summed E-state index contributed by atoms with van der Waals surface area (Å²) in [6.45, 7) is 6.12. The molecule has 108 valence electrons. The summed E-state index contributed by atoms with van der Waals surface area (Å²) >= 11 is 0. The van der Waals surface area contributed by atoms with Crippen molar-refractivity contribution in [2.75, 3.05) is 5.32 Å². The minimum atomic E-state index is -0.365.